The van der Waals surface area contributed by atoms with Gasteiger partial charge in [-0.1, -0.05) is 30.3 Å². The van der Waals surface area contributed by atoms with Crippen LogP contribution in [-0.4, -0.2) is 9.55 Å². The van der Waals surface area contributed by atoms with Crippen molar-refractivity contribution in [3.05, 3.63) is 69.0 Å². The van der Waals surface area contributed by atoms with E-state index in [0.717, 1.165) is 5.56 Å². The molecule has 16 heavy (non-hydrogen) atoms. The van der Waals surface area contributed by atoms with E-state index in [1.54, 1.807) is 0 Å². The van der Waals surface area contributed by atoms with E-state index in [0.29, 0.717) is 0 Å². The number of aromatic amines is 1. The van der Waals surface area contributed by atoms with E-state index in [9.17, 15) is 9.59 Å². The van der Waals surface area contributed by atoms with Gasteiger partial charge in [-0.15, -0.1) is 0 Å². The lowest BCUT2D eigenvalue weighted by Crippen LogP contribution is -2.36. The third-order valence-electron chi connectivity index (χ3n) is 2.56. The Morgan fingerprint density at radius 3 is 2.44 bits per heavy atom. The lowest BCUT2D eigenvalue weighted by Gasteiger charge is -2.13. The first-order valence-corrected chi connectivity index (χ1v) is 5.05. The van der Waals surface area contributed by atoms with Crippen molar-refractivity contribution in [2.75, 3.05) is 0 Å². The van der Waals surface area contributed by atoms with Crippen LogP contribution < -0.4 is 11.2 Å². The van der Waals surface area contributed by atoms with Gasteiger partial charge in [-0.05, 0) is 12.5 Å². The number of aromatic nitrogens is 2. The van der Waals surface area contributed by atoms with Crippen molar-refractivity contribution in [3.63, 3.8) is 0 Å². The largest absolute Gasteiger partial charge is 0.328 e. The highest BCUT2D eigenvalue weighted by Gasteiger charge is 2.11. The minimum atomic E-state index is -0.385. The van der Waals surface area contributed by atoms with Gasteiger partial charge in [0.1, 0.15) is 0 Å². The fraction of sp³-hybridized carbons (Fsp3) is 0.167. The topological polar surface area (TPSA) is 54.9 Å². The average Bonchev–Trinajstić information content (AvgIpc) is 2.30. The van der Waals surface area contributed by atoms with E-state index in [-0.39, 0.29) is 17.3 Å². The molecule has 0 radical (unpaired) electrons. The normalized spacial score (nSPS) is 12.3. The molecular weight excluding hydrogens is 204 g/mol. The van der Waals surface area contributed by atoms with Crippen LogP contribution in [-0.2, 0) is 0 Å². The maximum Gasteiger partial charge on any atom is 0.328 e. The first-order chi connectivity index (χ1) is 7.70. The number of nitrogens with one attached hydrogen (secondary N) is 1. The summed E-state index contributed by atoms with van der Waals surface area (Å²) in [6.45, 7) is 1.83. The molecule has 0 bridgehead atoms. The van der Waals surface area contributed by atoms with E-state index < -0.39 is 0 Å². The number of nitrogens with zero attached hydrogens (tertiary/aromatic N) is 1. The van der Waals surface area contributed by atoms with Gasteiger partial charge in [0, 0.05) is 12.3 Å². The van der Waals surface area contributed by atoms with Crippen molar-refractivity contribution in [3.8, 4) is 0 Å². The van der Waals surface area contributed by atoms with Crippen LogP contribution in [0.2, 0.25) is 0 Å². The summed E-state index contributed by atoms with van der Waals surface area (Å²) in [4.78, 5) is 25.7. The predicted molar refractivity (Wildman–Crippen MR) is 61.6 cm³/mol. The molecule has 0 spiro atoms. The van der Waals surface area contributed by atoms with Crippen molar-refractivity contribution < 1.29 is 0 Å². The second-order valence-corrected chi connectivity index (χ2v) is 3.58. The van der Waals surface area contributed by atoms with Gasteiger partial charge in [0.2, 0.25) is 0 Å². The molecule has 0 saturated carbocycles. The maximum atomic E-state index is 11.6. The Balaban J connectivity index is 2.54. The van der Waals surface area contributed by atoms with Crippen molar-refractivity contribution in [1.29, 1.82) is 0 Å². The summed E-state index contributed by atoms with van der Waals surface area (Å²) in [6, 6.07) is 10.5. The van der Waals surface area contributed by atoms with Crippen molar-refractivity contribution in [2.24, 2.45) is 0 Å². The quantitative estimate of drug-likeness (QED) is 0.818. The molecule has 4 nitrogen and oxygen atoms in total. The summed E-state index contributed by atoms with van der Waals surface area (Å²) in [7, 11) is 0. The van der Waals surface area contributed by atoms with Gasteiger partial charge in [-0.2, -0.15) is 0 Å². The summed E-state index contributed by atoms with van der Waals surface area (Å²) in [6.07, 6.45) is 1.36. The summed E-state index contributed by atoms with van der Waals surface area (Å²) in [5, 5.41) is 0. The lowest BCUT2D eigenvalue weighted by atomic mass is 10.1. The van der Waals surface area contributed by atoms with Crippen LogP contribution in [0.5, 0.6) is 0 Å². The molecule has 0 fully saturated rings. The third-order valence-corrected chi connectivity index (χ3v) is 2.56. The zero-order valence-electron chi connectivity index (χ0n) is 8.88. The summed E-state index contributed by atoms with van der Waals surface area (Å²) in [5.74, 6) is 0. The molecule has 2 rings (SSSR count). The fourth-order valence-electron chi connectivity index (χ4n) is 1.68. The Kier molecular flexibility index (Phi) is 2.72. The molecule has 1 atom stereocenters. The van der Waals surface area contributed by atoms with Crippen LogP contribution in [0.4, 0.5) is 0 Å². The monoisotopic (exact) mass is 216 g/mol. The minimum Gasteiger partial charge on any atom is -0.314 e. The smallest absolute Gasteiger partial charge is 0.314 e. The zero-order valence-corrected chi connectivity index (χ0v) is 8.88. The number of benzene rings is 1. The van der Waals surface area contributed by atoms with E-state index in [1.807, 2.05) is 37.3 Å². The molecule has 0 saturated heterocycles. The predicted octanol–water partition coefficient (Wildman–Crippen LogP) is 1.15. The summed E-state index contributed by atoms with van der Waals surface area (Å²) in [5.41, 5.74) is 0.255. The van der Waals surface area contributed by atoms with Gasteiger partial charge in [0.05, 0.1) is 6.04 Å². The van der Waals surface area contributed by atoms with Gasteiger partial charge in [0.15, 0.2) is 0 Å². The molecule has 0 amide bonds. The Hall–Kier alpha value is -2.10. The van der Waals surface area contributed by atoms with E-state index in [2.05, 4.69) is 4.98 Å². The number of hydrogen-bond acceptors (Lipinski definition) is 2. The van der Waals surface area contributed by atoms with Crippen LogP contribution in [0.1, 0.15) is 18.5 Å². The van der Waals surface area contributed by atoms with Crippen LogP contribution in [0.3, 0.4) is 0 Å². The Morgan fingerprint density at radius 1 is 1.12 bits per heavy atom. The lowest BCUT2D eigenvalue weighted by molar-refractivity contribution is 0.578. The zero-order chi connectivity index (χ0) is 11.5. The van der Waals surface area contributed by atoms with Crippen LogP contribution in [0, 0.1) is 0 Å². The van der Waals surface area contributed by atoms with Crippen molar-refractivity contribution >= 4 is 0 Å². The molecule has 0 aliphatic carbocycles. The van der Waals surface area contributed by atoms with Crippen molar-refractivity contribution in [2.45, 2.75) is 13.0 Å². The average molecular weight is 216 g/mol. The molecule has 1 aromatic carbocycles. The van der Waals surface area contributed by atoms with E-state index in [1.165, 1.54) is 16.8 Å². The second-order valence-electron chi connectivity index (χ2n) is 3.58. The molecule has 0 aliphatic rings. The van der Waals surface area contributed by atoms with Gasteiger partial charge >= 0.3 is 5.69 Å². The number of H-pyrrole nitrogens is 1. The highest BCUT2D eigenvalue weighted by atomic mass is 16.2. The Morgan fingerprint density at radius 2 is 1.81 bits per heavy atom. The Bertz CT molecular complexity index is 555. The number of rotatable bonds is 2. The fourth-order valence-corrected chi connectivity index (χ4v) is 1.68. The highest BCUT2D eigenvalue weighted by Crippen LogP contribution is 2.12. The SMILES string of the molecule is C[C@H](c1ccccc1)n1c(=O)cc[nH]c1=O. The standard InChI is InChI=1S/C12H12N2O2/c1-9(10-5-3-2-4-6-10)14-11(15)7-8-13-12(14)16/h2-9H,1H3,(H,13,16)/t9-/m1/s1. The molecule has 1 aromatic heterocycles. The Labute approximate surface area is 92.2 Å². The molecule has 1 N–H and O–H groups in total. The van der Waals surface area contributed by atoms with Crippen LogP contribution in [0.15, 0.2) is 52.2 Å². The molecular formula is C12H12N2O2. The van der Waals surface area contributed by atoms with E-state index in [4.69, 9.17) is 0 Å². The third kappa shape index (κ3) is 1.82. The van der Waals surface area contributed by atoms with Gasteiger partial charge in [-0.25, -0.2) is 4.79 Å². The second kappa shape index (κ2) is 4.18. The maximum absolute atomic E-state index is 11.6. The first-order valence-electron chi connectivity index (χ1n) is 5.05. The number of hydrogen-bond donors (Lipinski definition) is 1. The summed E-state index contributed by atoms with van der Waals surface area (Å²) < 4.78 is 1.20. The molecule has 0 aliphatic heterocycles. The van der Waals surface area contributed by atoms with Gasteiger partial charge < -0.3 is 4.98 Å². The highest BCUT2D eigenvalue weighted by molar-refractivity contribution is 5.19. The molecule has 82 valence electrons. The summed E-state index contributed by atoms with van der Waals surface area (Å²) >= 11 is 0. The van der Waals surface area contributed by atoms with Crippen LogP contribution >= 0.6 is 0 Å². The molecule has 4 heteroatoms. The molecule has 2 aromatic rings. The molecule has 0 unspecified atom stereocenters. The van der Waals surface area contributed by atoms with Gasteiger partial charge in [-0.3, -0.25) is 9.36 Å². The van der Waals surface area contributed by atoms with Crippen LogP contribution in [0.25, 0.3) is 0 Å². The molecule has 1 heterocycles. The first kappa shape index (κ1) is 10.4. The van der Waals surface area contributed by atoms with Gasteiger partial charge in [0.25, 0.3) is 5.56 Å². The minimum absolute atomic E-state index is 0.265. The van der Waals surface area contributed by atoms with Crippen molar-refractivity contribution in [1.82, 2.24) is 9.55 Å². The van der Waals surface area contributed by atoms with E-state index >= 15 is 0 Å².